The van der Waals surface area contributed by atoms with Gasteiger partial charge < -0.3 is 14.4 Å². The van der Waals surface area contributed by atoms with Gasteiger partial charge in [0.1, 0.15) is 11.5 Å². The Morgan fingerprint density at radius 2 is 1.35 bits per heavy atom. The molecule has 188 valence electrons. The molecule has 0 spiro atoms. The first kappa shape index (κ1) is 25.0. The fourth-order valence-corrected chi connectivity index (χ4v) is 3.69. The minimum atomic E-state index is -0.770. The van der Waals surface area contributed by atoms with Gasteiger partial charge in [-0.3, -0.25) is 34.6 Å². The van der Waals surface area contributed by atoms with Crippen molar-refractivity contribution in [3.05, 3.63) is 98.6 Å². The highest BCUT2D eigenvalue weighted by Gasteiger charge is 2.36. The molecule has 4 rings (SSSR count). The standard InChI is InChI=1S/C25H19N3O9/c29-23(16-1-9-21(10-2-16)37-22-11-7-20(8-12-22)28(34)35)15-36-25(31)17-13-24(30)26(14-17)18-3-5-19(6-4-18)27(32)33/h1-12,17H,13-15H2/t17-/m1/s1. The zero-order chi connectivity index (χ0) is 26.5. The van der Waals surface area contributed by atoms with Crippen LogP contribution in [0.2, 0.25) is 0 Å². The summed E-state index contributed by atoms with van der Waals surface area (Å²) >= 11 is 0. The molecule has 12 heteroatoms. The number of carbonyl (C=O) groups is 3. The number of hydrogen-bond donors (Lipinski definition) is 0. The van der Waals surface area contributed by atoms with Gasteiger partial charge in [0.15, 0.2) is 12.4 Å². The third-order valence-electron chi connectivity index (χ3n) is 5.64. The Bertz CT molecular complexity index is 1350. The van der Waals surface area contributed by atoms with E-state index in [1.807, 2.05) is 0 Å². The fraction of sp³-hybridized carbons (Fsp3) is 0.160. The molecule has 3 aromatic rings. The average molecular weight is 505 g/mol. The van der Waals surface area contributed by atoms with E-state index < -0.39 is 34.1 Å². The van der Waals surface area contributed by atoms with Crippen LogP contribution >= 0.6 is 0 Å². The van der Waals surface area contributed by atoms with E-state index in [0.717, 1.165) is 0 Å². The Morgan fingerprint density at radius 3 is 1.89 bits per heavy atom. The van der Waals surface area contributed by atoms with Gasteiger partial charge in [-0.15, -0.1) is 0 Å². The number of nitro benzene ring substituents is 2. The van der Waals surface area contributed by atoms with Crippen LogP contribution in [0.15, 0.2) is 72.8 Å². The highest BCUT2D eigenvalue weighted by Crippen LogP contribution is 2.28. The summed E-state index contributed by atoms with van der Waals surface area (Å²) in [5, 5.41) is 21.5. The van der Waals surface area contributed by atoms with E-state index in [1.54, 1.807) is 0 Å². The predicted octanol–water partition coefficient (Wildman–Crippen LogP) is 4.07. The maximum absolute atomic E-state index is 12.5. The van der Waals surface area contributed by atoms with Gasteiger partial charge in [-0.05, 0) is 48.5 Å². The number of amides is 1. The first-order valence-electron chi connectivity index (χ1n) is 11.0. The highest BCUT2D eigenvalue weighted by molar-refractivity contribution is 6.01. The number of esters is 1. The van der Waals surface area contributed by atoms with Gasteiger partial charge in [0.25, 0.3) is 11.4 Å². The topological polar surface area (TPSA) is 159 Å². The quantitative estimate of drug-likeness (QED) is 0.181. The molecule has 1 saturated heterocycles. The second-order valence-electron chi connectivity index (χ2n) is 8.09. The number of nitrogens with zero attached hydrogens (tertiary/aromatic N) is 3. The summed E-state index contributed by atoms with van der Waals surface area (Å²) in [6.45, 7) is -0.470. The molecule has 3 aromatic carbocycles. The Balaban J connectivity index is 1.28. The first-order chi connectivity index (χ1) is 17.7. The Hall–Kier alpha value is -5.13. The fourth-order valence-electron chi connectivity index (χ4n) is 3.69. The minimum Gasteiger partial charge on any atom is -0.457 e. The lowest BCUT2D eigenvalue weighted by Crippen LogP contribution is -2.27. The number of rotatable bonds is 9. The Labute approximate surface area is 209 Å². The lowest BCUT2D eigenvalue weighted by atomic mass is 10.1. The molecule has 12 nitrogen and oxygen atoms in total. The maximum Gasteiger partial charge on any atom is 0.311 e. The number of benzene rings is 3. The third-order valence-corrected chi connectivity index (χ3v) is 5.64. The lowest BCUT2D eigenvalue weighted by molar-refractivity contribution is -0.385. The minimum absolute atomic E-state index is 0.0400. The van der Waals surface area contributed by atoms with Gasteiger partial charge >= 0.3 is 5.97 Å². The van der Waals surface area contributed by atoms with E-state index >= 15 is 0 Å². The Kier molecular flexibility index (Phi) is 7.19. The number of hydrogen-bond acceptors (Lipinski definition) is 9. The predicted molar refractivity (Wildman–Crippen MR) is 128 cm³/mol. The molecule has 0 aromatic heterocycles. The summed E-state index contributed by atoms with van der Waals surface area (Å²) in [5.41, 5.74) is 0.525. The highest BCUT2D eigenvalue weighted by atomic mass is 16.6. The van der Waals surface area contributed by atoms with Gasteiger partial charge in [0, 0.05) is 48.5 Å². The van der Waals surface area contributed by atoms with E-state index in [-0.39, 0.29) is 35.8 Å². The molecule has 0 saturated carbocycles. The molecule has 1 heterocycles. The van der Waals surface area contributed by atoms with Crippen molar-refractivity contribution in [2.75, 3.05) is 18.1 Å². The van der Waals surface area contributed by atoms with Crippen molar-refractivity contribution >= 4 is 34.7 Å². The second-order valence-corrected chi connectivity index (χ2v) is 8.09. The molecule has 0 N–H and O–H groups in total. The monoisotopic (exact) mass is 505 g/mol. The number of Topliss-reactive ketones (excluding diaryl/α,β-unsaturated/α-hetero) is 1. The smallest absolute Gasteiger partial charge is 0.311 e. The average Bonchev–Trinajstić information content (AvgIpc) is 3.29. The number of ketones is 1. The van der Waals surface area contributed by atoms with E-state index in [2.05, 4.69) is 0 Å². The number of anilines is 1. The number of non-ortho nitro benzene ring substituents is 2. The SMILES string of the molecule is O=C(COC(=O)[C@@H]1CC(=O)N(c2ccc([N+](=O)[O-])cc2)C1)c1ccc(Oc2ccc([N+](=O)[O-])cc2)cc1. The Morgan fingerprint density at radius 1 is 0.838 bits per heavy atom. The van der Waals surface area contributed by atoms with Crippen LogP contribution < -0.4 is 9.64 Å². The van der Waals surface area contributed by atoms with Crippen LogP contribution in [0, 0.1) is 26.1 Å². The molecule has 0 unspecified atom stereocenters. The van der Waals surface area contributed by atoms with E-state index in [4.69, 9.17) is 9.47 Å². The van der Waals surface area contributed by atoms with Crippen LogP contribution in [0.4, 0.5) is 17.1 Å². The molecule has 0 radical (unpaired) electrons. The van der Waals surface area contributed by atoms with Crippen molar-refractivity contribution in [2.24, 2.45) is 5.92 Å². The molecule has 0 bridgehead atoms. The molecule has 1 aliphatic heterocycles. The van der Waals surface area contributed by atoms with Gasteiger partial charge in [-0.2, -0.15) is 0 Å². The van der Waals surface area contributed by atoms with Gasteiger partial charge in [0.2, 0.25) is 5.91 Å². The molecule has 0 aliphatic carbocycles. The van der Waals surface area contributed by atoms with Crippen molar-refractivity contribution in [3.8, 4) is 11.5 Å². The molecule has 1 amide bonds. The van der Waals surface area contributed by atoms with Crippen molar-refractivity contribution in [3.63, 3.8) is 0 Å². The molecule has 1 aliphatic rings. The van der Waals surface area contributed by atoms with Crippen molar-refractivity contribution in [2.45, 2.75) is 6.42 Å². The largest absolute Gasteiger partial charge is 0.457 e. The van der Waals surface area contributed by atoms with Crippen LogP contribution in [0.1, 0.15) is 16.8 Å². The molecule has 1 atom stereocenters. The molecular formula is C25H19N3O9. The number of nitro groups is 2. The molecule has 1 fully saturated rings. The summed E-state index contributed by atoms with van der Waals surface area (Å²) in [6.07, 6.45) is -0.0985. The molecular weight excluding hydrogens is 486 g/mol. The zero-order valence-electron chi connectivity index (χ0n) is 19.1. The second kappa shape index (κ2) is 10.6. The van der Waals surface area contributed by atoms with Crippen molar-refractivity contribution in [1.29, 1.82) is 0 Å². The van der Waals surface area contributed by atoms with E-state index in [9.17, 15) is 34.6 Å². The maximum atomic E-state index is 12.5. The molecule has 37 heavy (non-hydrogen) atoms. The summed E-state index contributed by atoms with van der Waals surface area (Å²) in [5.74, 6) is -1.46. The van der Waals surface area contributed by atoms with E-state index in [0.29, 0.717) is 17.2 Å². The summed E-state index contributed by atoms with van der Waals surface area (Å²) in [6, 6.07) is 17.0. The van der Waals surface area contributed by atoms with Crippen molar-refractivity contribution < 1.29 is 33.7 Å². The third kappa shape index (κ3) is 5.93. The van der Waals surface area contributed by atoms with Crippen LogP contribution in [-0.2, 0) is 14.3 Å². The van der Waals surface area contributed by atoms with Crippen LogP contribution in [0.5, 0.6) is 11.5 Å². The van der Waals surface area contributed by atoms with Crippen molar-refractivity contribution in [1.82, 2.24) is 0 Å². The van der Waals surface area contributed by atoms with Gasteiger partial charge in [-0.1, -0.05) is 0 Å². The zero-order valence-corrected chi connectivity index (χ0v) is 19.1. The summed E-state index contributed by atoms with van der Waals surface area (Å²) in [7, 11) is 0. The summed E-state index contributed by atoms with van der Waals surface area (Å²) in [4.78, 5) is 59.1. The van der Waals surface area contributed by atoms with Gasteiger partial charge in [-0.25, -0.2) is 0 Å². The van der Waals surface area contributed by atoms with Crippen LogP contribution in [-0.4, -0.2) is 40.7 Å². The van der Waals surface area contributed by atoms with Crippen LogP contribution in [0.3, 0.4) is 0 Å². The number of carbonyl (C=O) groups excluding carboxylic acids is 3. The summed E-state index contributed by atoms with van der Waals surface area (Å²) < 4.78 is 10.7. The van der Waals surface area contributed by atoms with E-state index in [1.165, 1.54) is 77.7 Å². The van der Waals surface area contributed by atoms with Gasteiger partial charge in [0.05, 0.1) is 15.8 Å². The normalized spacial score (nSPS) is 14.8. The van der Waals surface area contributed by atoms with Crippen LogP contribution in [0.25, 0.3) is 0 Å². The number of ether oxygens (including phenoxy) is 2. The lowest BCUT2D eigenvalue weighted by Gasteiger charge is -2.16. The first-order valence-corrected chi connectivity index (χ1v) is 11.0.